The minimum absolute atomic E-state index is 0.0112. The summed E-state index contributed by atoms with van der Waals surface area (Å²) in [6.07, 6.45) is 85.4. The molecule has 0 heterocycles. The molecule has 77 heavy (non-hydrogen) atoms. The van der Waals surface area contributed by atoms with Crippen LogP contribution in [0.25, 0.3) is 0 Å². The molecule has 2 atom stereocenters. The molecular formula is C71H135NO5. The van der Waals surface area contributed by atoms with Gasteiger partial charge in [-0.25, -0.2) is 0 Å². The summed E-state index contributed by atoms with van der Waals surface area (Å²) in [7, 11) is 0. The lowest BCUT2D eigenvalue weighted by molar-refractivity contribution is -0.143. The summed E-state index contributed by atoms with van der Waals surface area (Å²) < 4.78 is 5.47. The van der Waals surface area contributed by atoms with Crippen molar-refractivity contribution in [1.82, 2.24) is 5.32 Å². The maximum absolute atomic E-state index is 12.4. The van der Waals surface area contributed by atoms with Crippen molar-refractivity contribution >= 4 is 11.9 Å². The second-order valence-electron chi connectivity index (χ2n) is 23.9. The summed E-state index contributed by atoms with van der Waals surface area (Å²) in [4.78, 5) is 24.4. The van der Waals surface area contributed by atoms with E-state index in [-0.39, 0.29) is 18.5 Å². The third-order valence-corrected chi connectivity index (χ3v) is 16.1. The molecule has 0 aliphatic heterocycles. The van der Waals surface area contributed by atoms with E-state index in [9.17, 15) is 19.8 Å². The van der Waals surface area contributed by atoms with Crippen molar-refractivity contribution in [2.75, 3.05) is 13.2 Å². The molecule has 0 aliphatic carbocycles. The van der Waals surface area contributed by atoms with Crippen molar-refractivity contribution in [3.8, 4) is 0 Å². The zero-order valence-electron chi connectivity index (χ0n) is 52.0. The summed E-state index contributed by atoms with van der Waals surface area (Å²) in [5.74, 6) is -0.0532. The van der Waals surface area contributed by atoms with Gasteiger partial charge in [0.2, 0.25) is 5.91 Å². The van der Waals surface area contributed by atoms with E-state index in [4.69, 9.17) is 4.74 Å². The lowest BCUT2D eigenvalue weighted by atomic mass is 10.0. The van der Waals surface area contributed by atoms with E-state index >= 15 is 0 Å². The quantitative estimate of drug-likeness (QED) is 0.0320. The number of aliphatic hydroxyl groups is 2. The van der Waals surface area contributed by atoms with Crippen molar-refractivity contribution < 1.29 is 24.5 Å². The van der Waals surface area contributed by atoms with E-state index in [2.05, 4.69) is 43.5 Å². The van der Waals surface area contributed by atoms with Gasteiger partial charge in [0.15, 0.2) is 0 Å². The van der Waals surface area contributed by atoms with Gasteiger partial charge in [-0.1, -0.05) is 326 Å². The number of rotatable bonds is 65. The van der Waals surface area contributed by atoms with Gasteiger partial charge in [-0.15, -0.1) is 0 Å². The third kappa shape index (κ3) is 63.1. The normalized spacial score (nSPS) is 12.7. The highest BCUT2D eigenvalue weighted by atomic mass is 16.5. The monoisotopic (exact) mass is 1080 g/mol. The molecule has 0 aromatic heterocycles. The van der Waals surface area contributed by atoms with Gasteiger partial charge in [0, 0.05) is 12.8 Å². The topological polar surface area (TPSA) is 95.9 Å². The van der Waals surface area contributed by atoms with E-state index in [0.717, 1.165) is 44.9 Å². The molecule has 6 heteroatoms. The smallest absolute Gasteiger partial charge is 0.305 e. The molecule has 0 fully saturated rings. The molecule has 0 saturated heterocycles. The molecule has 1 amide bonds. The Kier molecular flexibility index (Phi) is 64.9. The molecule has 0 bridgehead atoms. The van der Waals surface area contributed by atoms with Crippen molar-refractivity contribution in [2.24, 2.45) is 0 Å². The number of hydrogen-bond acceptors (Lipinski definition) is 5. The summed E-state index contributed by atoms with van der Waals surface area (Å²) in [6.45, 7) is 4.87. The first-order valence-corrected chi connectivity index (χ1v) is 34.8. The van der Waals surface area contributed by atoms with E-state index in [1.165, 1.54) is 308 Å². The number of ether oxygens (including phenoxy) is 1. The van der Waals surface area contributed by atoms with Gasteiger partial charge in [-0.05, 0) is 77.0 Å². The fourth-order valence-corrected chi connectivity index (χ4v) is 10.8. The molecule has 0 radical (unpaired) electrons. The van der Waals surface area contributed by atoms with Crippen LogP contribution in [0, 0.1) is 0 Å². The van der Waals surface area contributed by atoms with Crippen LogP contribution >= 0.6 is 0 Å². The Balaban J connectivity index is 3.31. The lowest BCUT2D eigenvalue weighted by Crippen LogP contribution is -2.45. The largest absolute Gasteiger partial charge is 0.466 e. The van der Waals surface area contributed by atoms with E-state index in [0.29, 0.717) is 19.4 Å². The zero-order valence-corrected chi connectivity index (χ0v) is 52.0. The van der Waals surface area contributed by atoms with Crippen LogP contribution in [0.5, 0.6) is 0 Å². The number of hydrogen-bond donors (Lipinski definition) is 3. The molecule has 0 aromatic rings. The van der Waals surface area contributed by atoms with E-state index < -0.39 is 12.1 Å². The first-order valence-electron chi connectivity index (χ1n) is 34.8. The Hall–Kier alpha value is -1.92. The highest BCUT2D eigenvalue weighted by molar-refractivity contribution is 5.76. The van der Waals surface area contributed by atoms with Crippen LogP contribution in [0.4, 0.5) is 0 Å². The second kappa shape index (κ2) is 66.6. The lowest BCUT2D eigenvalue weighted by Gasteiger charge is -2.20. The Morgan fingerprint density at radius 3 is 0.961 bits per heavy atom. The van der Waals surface area contributed by atoms with Gasteiger partial charge in [-0.2, -0.15) is 0 Å². The maximum Gasteiger partial charge on any atom is 0.305 e. The molecule has 6 nitrogen and oxygen atoms in total. The first-order chi connectivity index (χ1) is 38.0. The maximum atomic E-state index is 12.4. The van der Waals surface area contributed by atoms with Crippen molar-refractivity contribution in [3.63, 3.8) is 0 Å². The average molecular weight is 1080 g/mol. The third-order valence-electron chi connectivity index (χ3n) is 16.1. The molecule has 0 aliphatic rings. The number of nitrogens with one attached hydrogen (secondary N) is 1. The summed E-state index contributed by atoms with van der Waals surface area (Å²) in [5.41, 5.74) is 0. The Bertz CT molecular complexity index is 1250. The van der Waals surface area contributed by atoms with Crippen LogP contribution in [0.3, 0.4) is 0 Å². The van der Waals surface area contributed by atoms with Crippen molar-refractivity contribution in [1.29, 1.82) is 0 Å². The molecule has 3 N–H and O–H groups in total. The highest BCUT2D eigenvalue weighted by Gasteiger charge is 2.18. The van der Waals surface area contributed by atoms with Crippen LogP contribution in [0.1, 0.15) is 380 Å². The number of amides is 1. The molecule has 454 valence electrons. The van der Waals surface area contributed by atoms with Gasteiger partial charge in [0.1, 0.15) is 0 Å². The van der Waals surface area contributed by atoms with Crippen LogP contribution in [0.15, 0.2) is 36.5 Å². The number of esters is 1. The molecule has 2 unspecified atom stereocenters. The Morgan fingerprint density at radius 1 is 0.351 bits per heavy atom. The van der Waals surface area contributed by atoms with Crippen molar-refractivity contribution in [2.45, 2.75) is 392 Å². The Labute approximate surface area is 481 Å². The minimum atomic E-state index is -0.839. The number of allylic oxidation sites excluding steroid dienone is 5. The van der Waals surface area contributed by atoms with E-state index in [1.54, 1.807) is 6.08 Å². The number of carbonyl (C=O) groups is 2. The molecule has 0 saturated carbocycles. The van der Waals surface area contributed by atoms with Gasteiger partial charge in [0.25, 0.3) is 0 Å². The van der Waals surface area contributed by atoms with Gasteiger partial charge >= 0.3 is 5.97 Å². The fourth-order valence-electron chi connectivity index (χ4n) is 10.8. The van der Waals surface area contributed by atoms with E-state index in [1.807, 2.05) is 6.08 Å². The predicted octanol–water partition coefficient (Wildman–Crippen LogP) is 22.3. The van der Waals surface area contributed by atoms with Crippen LogP contribution in [0.2, 0.25) is 0 Å². The number of carbonyl (C=O) groups excluding carboxylic acids is 2. The average Bonchev–Trinajstić information content (AvgIpc) is 3.43. The molecule has 0 aromatic carbocycles. The van der Waals surface area contributed by atoms with Crippen LogP contribution < -0.4 is 5.32 Å². The van der Waals surface area contributed by atoms with Crippen LogP contribution in [-0.4, -0.2) is 47.4 Å². The first kappa shape index (κ1) is 75.1. The number of unbranched alkanes of at least 4 members (excludes halogenated alkanes) is 50. The van der Waals surface area contributed by atoms with Crippen LogP contribution in [-0.2, 0) is 14.3 Å². The summed E-state index contributed by atoms with van der Waals surface area (Å²) >= 11 is 0. The SMILES string of the molecule is CCCC/C=C\CCCCCCCC(=O)OCCCCCCCCCCCCCCCCCCCC/C=C\CCCCCCCCCCCCCCCCCCCC(=O)NC(CO)C(O)/C=C/CCCCCCCCCC. The molecular weight excluding hydrogens is 947 g/mol. The highest BCUT2D eigenvalue weighted by Crippen LogP contribution is 2.18. The molecule has 0 rings (SSSR count). The number of aliphatic hydroxyl groups excluding tert-OH is 2. The van der Waals surface area contributed by atoms with Gasteiger partial charge < -0.3 is 20.3 Å². The van der Waals surface area contributed by atoms with Crippen molar-refractivity contribution in [3.05, 3.63) is 36.5 Å². The van der Waals surface area contributed by atoms with Gasteiger partial charge in [-0.3, -0.25) is 9.59 Å². The fraction of sp³-hybridized carbons (Fsp3) is 0.887. The standard InChI is InChI=1S/C71H135NO5/c1-3-5-7-9-11-13-44-49-53-57-61-65-71(76)77-66-62-58-54-50-46-43-41-39-37-35-33-31-29-27-25-23-21-19-17-15-16-18-20-22-24-26-28-30-32-34-36-38-40-42-45-48-52-56-60-64-70(75)72-68(67-73)69(74)63-59-55-51-47-14-12-10-8-6-4-2/h9,11,15-16,59,63,68-69,73-74H,3-8,10,12-14,17-58,60-62,64-67H2,1-2H3,(H,72,75)/b11-9-,16-15-,63-59+. The summed E-state index contributed by atoms with van der Waals surface area (Å²) in [6, 6.07) is -0.622. The minimum Gasteiger partial charge on any atom is -0.466 e. The predicted molar refractivity (Wildman–Crippen MR) is 338 cm³/mol. The molecule has 0 spiro atoms. The second-order valence-corrected chi connectivity index (χ2v) is 23.9. The van der Waals surface area contributed by atoms with Gasteiger partial charge in [0.05, 0.1) is 25.4 Å². The summed E-state index contributed by atoms with van der Waals surface area (Å²) in [5, 5.41) is 23.0. The zero-order chi connectivity index (χ0) is 55.7. The Morgan fingerprint density at radius 2 is 0.623 bits per heavy atom.